The number of benzene rings is 1. The molecule has 5 nitrogen and oxygen atoms in total. The Hall–Kier alpha value is -1.60. The maximum Gasteiger partial charge on any atom is 0.387 e. The number of likely N-dealkylation sites (tertiary alicyclic amines) is 1. The molecule has 0 unspecified atom stereocenters. The monoisotopic (exact) mass is 390 g/mol. The van der Waals surface area contributed by atoms with Gasteiger partial charge in [0, 0.05) is 24.7 Å². The van der Waals surface area contributed by atoms with Crippen molar-refractivity contribution in [1.29, 1.82) is 0 Å². The van der Waals surface area contributed by atoms with Crippen LogP contribution in [-0.2, 0) is 0 Å². The molecule has 1 aromatic carbocycles. The van der Waals surface area contributed by atoms with E-state index in [-0.39, 0.29) is 29.8 Å². The summed E-state index contributed by atoms with van der Waals surface area (Å²) in [4.78, 5) is 14.4. The smallest absolute Gasteiger partial charge is 0.387 e. The fourth-order valence-corrected chi connectivity index (χ4v) is 3.12. The fraction of sp³-hybridized carbons (Fsp3) is 0.611. The predicted octanol–water partition coefficient (Wildman–Crippen LogP) is 3.32. The highest BCUT2D eigenvalue weighted by Gasteiger charge is 2.26. The molecule has 1 amide bonds. The SMILES string of the molecule is COc1cc(C(=O)N2CCC(NCC3CC3)CC2)ccc1OC(F)F.Cl. The van der Waals surface area contributed by atoms with Gasteiger partial charge in [0.25, 0.3) is 5.91 Å². The number of halogens is 3. The van der Waals surface area contributed by atoms with Gasteiger partial charge in [-0.2, -0.15) is 8.78 Å². The lowest BCUT2D eigenvalue weighted by Crippen LogP contribution is -2.45. The van der Waals surface area contributed by atoms with Crippen molar-refractivity contribution in [2.75, 3.05) is 26.7 Å². The minimum Gasteiger partial charge on any atom is -0.493 e. The van der Waals surface area contributed by atoms with Crippen LogP contribution in [0.3, 0.4) is 0 Å². The Morgan fingerprint density at radius 3 is 2.50 bits per heavy atom. The summed E-state index contributed by atoms with van der Waals surface area (Å²) in [6.45, 7) is -0.462. The summed E-state index contributed by atoms with van der Waals surface area (Å²) in [7, 11) is 1.36. The van der Waals surface area contributed by atoms with E-state index in [1.807, 2.05) is 0 Å². The average molecular weight is 391 g/mol. The largest absolute Gasteiger partial charge is 0.493 e. The van der Waals surface area contributed by atoms with Crippen LogP contribution in [-0.4, -0.2) is 50.2 Å². The van der Waals surface area contributed by atoms with Gasteiger partial charge in [-0.15, -0.1) is 12.4 Å². The Labute approximate surface area is 158 Å². The van der Waals surface area contributed by atoms with Crippen LogP contribution in [0.15, 0.2) is 18.2 Å². The van der Waals surface area contributed by atoms with Crippen LogP contribution in [0.25, 0.3) is 0 Å². The van der Waals surface area contributed by atoms with Crippen LogP contribution in [0.1, 0.15) is 36.0 Å². The molecule has 1 saturated heterocycles. The Morgan fingerprint density at radius 1 is 1.23 bits per heavy atom. The van der Waals surface area contributed by atoms with Gasteiger partial charge in [-0.3, -0.25) is 4.79 Å². The number of methoxy groups -OCH3 is 1. The zero-order valence-corrected chi connectivity index (χ0v) is 15.6. The third-order valence-electron chi connectivity index (χ3n) is 4.80. The van der Waals surface area contributed by atoms with Crippen molar-refractivity contribution < 1.29 is 23.0 Å². The molecule has 1 heterocycles. The number of nitrogens with one attached hydrogen (secondary N) is 1. The van der Waals surface area contributed by atoms with E-state index >= 15 is 0 Å². The molecule has 1 N–H and O–H groups in total. The van der Waals surface area contributed by atoms with Crippen molar-refractivity contribution in [3.05, 3.63) is 23.8 Å². The third-order valence-corrected chi connectivity index (χ3v) is 4.80. The summed E-state index contributed by atoms with van der Waals surface area (Å²) in [5.41, 5.74) is 0.419. The molecular formula is C18H25ClF2N2O3. The van der Waals surface area contributed by atoms with Gasteiger partial charge in [-0.25, -0.2) is 0 Å². The lowest BCUT2D eigenvalue weighted by molar-refractivity contribution is -0.0512. The molecule has 0 atom stereocenters. The highest BCUT2D eigenvalue weighted by atomic mass is 35.5. The average Bonchev–Trinajstić information content (AvgIpc) is 3.44. The molecule has 1 aliphatic carbocycles. The number of piperidine rings is 1. The molecule has 0 bridgehead atoms. The normalized spacial score (nSPS) is 17.8. The molecule has 26 heavy (non-hydrogen) atoms. The zero-order valence-electron chi connectivity index (χ0n) is 14.7. The Balaban J connectivity index is 0.00000243. The number of carbonyl (C=O) groups excluding carboxylic acids is 1. The molecule has 0 radical (unpaired) electrons. The van der Waals surface area contributed by atoms with Gasteiger partial charge in [-0.05, 0) is 56.3 Å². The Morgan fingerprint density at radius 2 is 1.92 bits per heavy atom. The van der Waals surface area contributed by atoms with E-state index in [9.17, 15) is 13.6 Å². The first-order valence-electron chi connectivity index (χ1n) is 8.72. The molecule has 0 spiro atoms. The Bertz CT molecular complexity index is 606. The van der Waals surface area contributed by atoms with Gasteiger partial charge < -0.3 is 19.7 Å². The van der Waals surface area contributed by atoms with Crippen molar-refractivity contribution >= 4 is 18.3 Å². The van der Waals surface area contributed by atoms with E-state index < -0.39 is 6.61 Å². The highest BCUT2D eigenvalue weighted by Crippen LogP contribution is 2.30. The van der Waals surface area contributed by atoms with Crippen molar-refractivity contribution in [3.8, 4) is 11.5 Å². The second kappa shape index (κ2) is 9.37. The molecule has 2 aliphatic rings. The molecule has 0 aromatic heterocycles. The van der Waals surface area contributed by atoms with Crippen LogP contribution in [0.2, 0.25) is 0 Å². The lowest BCUT2D eigenvalue weighted by atomic mass is 10.0. The van der Waals surface area contributed by atoms with E-state index in [0.29, 0.717) is 24.7 Å². The van der Waals surface area contributed by atoms with Crippen LogP contribution >= 0.6 is 12.4 Å². The van der Waals surface area contributed by atoms with Gasteiger partial charge in [0.15, 0.2) is 11.5 Å². The number of nitrogens with zero attached hydrogens (tertiary/aromatic N) is 1. The second-order valence-electron chi connectivity index (χ2n) is 6.66. The molecule has 1 saturated carbocycles. The molecule has 1 aromatic rings. The first-order valence-corrected chi connectivity index (χ1v) is 8.72. The summed E-state index contributed by atoms with van der Waals surface area (Å²) >= 11 is 0. The minimum absolute atomic E-state index is 0. The van der Waals surface area contributed by atoms with Gasteiger partial charge in [0.05, 0.1) is 7.11 Å². The van der Waals surface area contributed by atoms with E-state index in [1.165, 1.54) is 38.2 Å². The van der Waals surface area contributed by atoms with E-state index in [2.05, 4.69) is 10.1 Å². The minimum atomic E-state index is -2.93. The lowest BCUT2D eigenvalue weighted by Gasteiger charge is -2.32. The van der Waals surface area contributed by atoms with Crippen LogP contribution in [0.5, 0.6) is 11.5 Å². The summed E-state index contributed by atoms with van der Waals surface area (Å²) < 4.78 is 34.2. The third kappa shape index (κ3) is 5.45. The van der Waals surface area contributed by atoms with Gasteiger partial charge in [0.2, 0.25) is 0 Å². The van der Waals surface area contributed by atoms with E-state index in [1.54, 1.807) is 4.90 Å². The summed E-state index contributed by atoms with van der Waals surface area (Å²) in [6, 6.07) is 4.78. The number of hydrogen-bond donors (Lipinski definition) is 1. The van der Waals surface area contributed by atoms with Gasteiger partial charge in [-0.1, -0.05) is 0 Å². The number of rotatable bonds is 7. The van der Waals surface area contributed by atoms with E-state index in [0.717, 1.165) is 25.3 Å². The standard InChI is InChI=1S/C18H24F2N2O3.ClH/c1-24-16-10-13(4-5-15(16)25-18(19)20)17(23)22-8-6-14(7-9-22)21-11-12-2-3-12;/h4-5,10,12,14,18,21H,2-3,6-9,11H2,1H3;1H. The summed E-state index contributed by atoms with van der Waals surface area (Å²) in [5, 5.41) is 3.58. The number of carbonyl (C=O) groups is 1. The molecule has 1 aliphatic heterocycles. The fourth-order valence-electron chi connectivity index (χ4n) is 3.12. The zero-order chi connectivity index (χ0) is 17.8. The van der Waals surface area contributed by atoms with Crippen molar-refractivity contribution in [1.82, 2.24) is 10.2 Å². The molecule has 3 rings (SSSR count). The first kappa shape index (κ1) is 20.7. The van der Waals surface area contributed by atoms with Crippen LogP contribution in [0, 0.1) is 5.92 Å². The second-order valence-corrected chi connectivity index (χ2v) is 6.66. The molecule has 146 valence electrons. The number of amides is 1. The predicted molar refractivity (Wildman–Crippen MR) is 96.5 cm³/mol. The quantitative estimate of drug-likeness (QED) is 0.776. The van der Waals surface area contributed by atoms with Crippen LogP contribution in [0.4, 0.5) is 8.78 Å². The van der Waals surface area contributed by atoms with Crippen LogP contribution < -0.4 is 14.8 Å². The summed E-state index contributed by atoms with van der Waals surface area (Å²) in [5.74, 6) is 0.799. The molecule has 2 fully saturated rings. The topological polar surface area (TPSA) is 50.8 Å². The number of alkyl halides is 2. The number of ether oxygens (including phenoxy) is 2. The van der Waals surface area contributed by atoms with Gasteiger partial charge in [0.1, 0.15) is 0 Å². The first-order chi connectivity index (χ1) is 12.1. The maximum absolute atomic E-state index is 12.6. The summed E-state index contributed by atoms with van der Waals surface area (Å²) in [6.07, 6.45) is 4.53. The molecular weight excluding hydrogens is 366 g/mol. The maximum atomic E-state index is 12.6. The van der Waals surface area contributed by atoms with E-state index in [4.69, 9.17) is 4.74 Å². The Kier molecular flexibility index (Phi) is 7.46. The highest BCUT2D eigenvalue weighted by molar-refractivity contribution is 5.95. The van der Waals surface area contributed by atoms with Crippen molar-refractivity contribution in [2.45, 2.75) is 38.3 Å². The van der Waals surface area contributed by atoms with Crippen molar-refractivity contribution in [2.24, 2.45) is 5.92 Å². The van der Waals surface area contributed by atoms with Gasteiger partial charge >= 0.3 is 6.61 Å². The number of hydrogen-bond acceptors (Lipinski definition) is 4. The van der Waals surface area contributed by atoms with Crippen molar-refractivity contribution in [3.63, 3.8) is 0 Å². The molecule has 8 heteroatoms.